The molecule has 1 aromatic rings. The first kappa shape index (κ1) is 22.9. The first-order valence-corrected chi connectivity index (χ1v) is 11.4. The van der Waals surface area contributed by atoms with Gasteiger partial charge >= 0.3 is 5.97 Å². The lowest BCUT2D eigenvalue weighted by Gasteiger charge is -2.30. The van der Waals surface area contributed by atoms with Crippen molar-refractivity contribution in [3.63, 3.8) is 0 Å². The van der Waals surface area contributed by atoms with Gasteiger partial charge in [-0.05, 0) is 32.8 Å². The quantitative estimate of drug-likeness (QED) is 0.367. The highest BCUT2D eigenvalue weighted by Crippen LogP contribution is 2.40. The van der Waals surface area contributed by atoms with Crippen LogP contribution in [0.25, 0.3) is 0 Å². The van der Waals surface area contributed by atoms with Crippen molar-refractivity contribution in [1.29, 1.82) is 0 Å². The number of nitrogens with one attached hydrogen (secondary N) is 1. The van der Waals surface area contributed by atoms with E-state index in [0.717, 1.165) is 23.3 Å². The van der Waals surface area contributed by atoms with E-state index in [4.69, 9.17) is 9.47 Å². The molecule has 1 aliphatic heterocycles. The summed E-state index contributed by atoms with van der Waals surface area (Å²) >= 11 is 1.44. The summed E-state index contributed by atoms with van der Waals surface area (Å²) in [4.78, 5) is 26.0. The van der Waals surface area contributed by atoms with E-state index in [1.165, 1.54) is 43.4 Å². The van der Waals surface area contributed by atoms with E-state index in [1.807, 2.05) is 13.8 Å². The number of hydrogen-bond acceptors (Lipinski definition) is 5. The van der Waals surface area contributed by atoms with Crippen LogP contribution >= 0.6 is 11.3 Å². The fraction of sp³-hybridized carbons (Fsp3) is 0.727. The topological polar surface area (TPSA) is 64.6 Å². The van der Waals surface area contributed by atoms with Crippen LogP contribution in [-0.2, 0) is 27.3 Å². The summed E-state index contributed by atoms with van der Waals surface area (Å²) < 4.78 is 11.1. The lowest BCUT2D eigenvalue weighted by molar-refractivity contribution is -0.116. The molecule has 28 heavy (non-hydrogen) atoms. The number of carbonyl (C=O) groups excluding carboxylic acids is 2. The Bertz CT molecular complexity index is 666. The molecule has 1 aliphatic rings. The Morgan fingerprint density at radius 2 is 1.79 bits per heavy atom. The molecule has 1 N–H and O–H groups in total. The minimum atomic E-state index is -0.357. The molecule has 0 atom stereocenters. The summed E-state index contributed by atoms with van der Waals surface area (Å²) in [5, 5.41) is 3.58. The molecule has 2 heterocycles. The van der Waals surface area contributed by atoms with Gasteiger partial charge in [-0.2, -0.15) is 0 Å². The van der Waals surface area contributed by atoms with Crippen LogP contribution < -0.4 is 5.32 Å². The molecule has 6 heteroatoms. The van der Waals surface area contributed by atoms with Crippen LogP contribution in [0.5, 0.6) is 0 Å². The fourth-order valence-electron chi connectivity index (χ4n) is 3.49. The number of anilines is 1. The van der Waals surface area contributed by atoms with Crippen LogP contribution in [0.3, 0.4) is 0 Å². The third kappa shape index (κ3) is 6.59. The van der Waals surface area contributed by atoms with E-state index in [1.54, 1.807) is 6.92 Å². The number of thiophene rings is 1. The van der Waals surface area contributed by atoms with Crippen molar-refractivity contribution in [1.82, 2.24) is 0 Å². The number of amides is 1. The normalized spacial score (nSPS) is 15.1. The molecule has 0 fully saturated rings. The molecule has 0 aliphatic carbocycles. The number of unbranched alkanes of at least 4 members (excludes halogenated alkanes) is 6. The summed E-state index contributed by atoms with van der Waals surface area (Å²) in [7, 11) is 0. The maximum absolute atomic E-state index is 12.6. The van der Waals surface area contributed by atoms with Gasteiger partial charge in [-0.25, -0.2) is 4.79 Å². The minimum Gasteiger partial charge on any atom is -0.462 e. The molecule has 158 valence electrons. The fourth-order valence-corrected chi connectivity index (χ4v) is 4.63. The second-order valence-electron chi connectivity index (χ2n) is 8.07. The monoisotopic (exact) mass is 409 g/mol. The number of hydrogen-bond donors (Lipinski definition) is 1. The molecule has 0 aromatic carbocycles. The standard InChI is InChI=1S/C22H35NO4S/c1-5-7-8-9-10-11-12-13-18(24)23-20-19(21(25)26-6-2)16-14-22(3,4)27-15-17(16)28-20/h5-15H2,1-4H3,(H,23,24). The molecular weight excluding hydrogens is 374 g/mol. The Morgan fingerprint density at radius 1 is 1.11 bits per heavy atom. The maximum atomic E-state index is 12.6. The van der Waals surface area contributed by atoms with Crippen LogP contribution in [-0.4, -0.2) is 24.1 Å². The van der Waals surface area contributed by atoms with Gasteiger partial charge in [0.05, 0.1) is 24.4 Å². The highest BCUT2D eigenvalue weighted by Gasteiger charge is 2.34. The van der Waals surface area contributed by atoms with E-state index in [2.05, 4.69) is 12.2 Å². The zero-order valence-electron chi connectivity index (χ0n) is 17.8. The van der Waals surface area contributed by atoms with E-state index >= 15 is 0 Å². The van der Waals surface area contributed by atoms with E-state index in [9.17, 15) is 9.59 Å². The van der Waals surface area contributed by atoms with Crippen molar-refractivity contribution in [3.8, 4) is 0 Å². The van der Waals surface area contributed by atoms with E-state index in [-0.39, 0.29) is 17.5 Å². The average Bonchev–Trinajstić information content (AvgIpc) is 2.97. The van der Waals surface area contributed by atoms with E-state index < -0.39 is 0 Å². The van der Waals surface area contributed by atoms with Crippen molar-refractivity contribution >= 4 is 28.2 Å². The predicted molar refractivity (Wildman–Crippen MR) is 114 cm³/mol. The van der Waals surface area contributed by atoms with Crippen molar-refractivity contribution in [3.05, 3.63) is 16.0 Å². The Kier molecular flexibility index (Phi) is 8.96. The molecule has 0 spiro atoms. The summed E-state index contributed by atoms with van der Waals surface area (Å²) in [5.41, 5.74) is 1.16. The van der Waals surface area contributed by atoms with Crippen LogP contribution in [0.15, 0.2) is 0 Å². The zero-order valence-corrected chi connectivity index (χ0v) is 18.6. The van der Waals surface area contributed by atoms with E-state index in [0.29, 0.717) is 36.6 Å². The van der Waals surface area contributed by atoms with Gasteiger partial charge in [0.15, 0.2) is 0 Å². The maximum Gasteiger partial charge on any atom is 0.341 e. The lowest BCUT2D eigenvalue weighted by atomic mass is 9.93. The molecule has 1 aromatic heterocycles. The third-order valence-corrected chi connectivity index (χ3v) is 6.15. The van der Waals surface area contributed by atoms with Crippen LogP contribution in [0.1, 0.15) is 99.9 Å². The first-order chi connectivity index (χ1) is 13.4. The second kappa shape index (κ2) is 11.0. The van der Waals surface area contributed by atoms with Gasteiger partial charge < -0.3 is 14.8 Å². The van der Waals surface area contributed by atoms with Crippen LogP contribution in [0, 0.1) is 0 Å². The van der Waals surface area contributed by atoms with Crippen molar-refractivity contribution in [2.24, 2.45) is 0 Å². The summed E-state index contributed by atoms with van der Waals surface area (Å²) in [6.45, 7) is 8.82. The van der Waals surface area contributed by atoms with Crippen LogP contribution in [0.2, 0.25) is 0 Å². The second-order valence-corrected chi connectivity index (χ2v) is 9.18. The number of rotatable bonds is 11. The molecule has 5 nitrogen and oxygen atoms in total. The molecule has 0 bridgehead atoms. The highest BCUT2D eigenvalue weighted by molar-refractivity contribution is 7.17. The Balaban J connectivity index is 1.97. The summed E-state index contributed by atoms with van der Waals surface area (Å²) in [6, 6.07) is 0. The SMILES string of the molecule is CCCCCCCCCC(=O)Nc1sc2c(c1C(=O)OCC)CC(C)(C)OC2. The van der Waals surface area contributed by atoms with Crippen molar-refractivity contribution < 1.29 is 19.1 Å². The van der Waals surface area contributed by atoms with Gasteiger partial charge in [0.1, 0.15) is 5.00 Å². The molecule has 0 saturated carbocycles. The number of ether oxygens (including phenoxy) is 2. The van der Waals surface area contributed by atoms with Crippen molar-refractivity contribution in [2.45, 2.75) is 97.7 Å². The Hall–Kier alpha value is -1.40. The average molecular weight is 410 g/mol. The summed E-state index contributed by atoms with van der Waals surface area (Å²) in [6.07, 6.45) is 9.33. The third-order valence-electron chi connectivity index (χ3n) is 5.03. The van der Waals surface area contributed by atoms with Gasteiger partial charge in [-0.3, -0.25) is 4.79 Å². The molecule has 0 saturated heterocycles. The molecule has 0 radical (unpaired) electrons. The minimum absolute atomic E-state index is 0.0297. The van der Waals surface area contributed by atoms with Crippen LogP contribution in [0.4, 0.5) is 5.00 Å². The Labute approximate surface area is 173 Å². The number of esters is 1. The molecule has 1 amide bonds. The van der Waals surface area contributed by atoms with Gasteiger partial charge in [-0.15, -0.1) is 11.3 Å². The van der Waals surface area contributed by atoms with Gasteiger partial charge in [0.25, 0.3) is 0 Å². The number of fused-ring (bicyclic) bond motifs is 1. The highest BCUT2D eigenvalue weighted by atomic mass is 32.1. The summed E-state index contributed by atoms with van der Waals surface area (Å²) in [5.74, 6) is -0.387. The smallest absolute Gasteiger partial charge is 0.341 e. The van der Waals surface area contributed by atoms with Gasteiger partial charge in [-0.1, -0.05) is 45.4 Å². The number of carbonyl (C=O) groups is 2. The molecular formula is C22H35NO4S. The molecule has 2 rings (SSSR count). The largest absolute Gasteiger partial charge is 0.462 e. The zero-order chi connectivity index (χ0) is 20.6. The van der Waals surface area contributed by atoms with Crippen molar-refractivity contribution in [2.75, 3.05) is 11.9 Å². The van der Waals surface area contributed by atoms with Gasteiger partial charge in [0.2, 0.25) is 5.91 Å². The van der Waals surface area contributed by atoms with Gasteiger partial charge in [0, 0.05) is 17.7 Å². The first-order valence-electron chi connectivity index (χ1n) is 10.6. The molecule has 0 unspecified atom stereocenters. The lowest BCUT2D eigenvalue weighted by Crippen LogP contribution is -2.32. The Morgan fingerprint density at radius 3 is 2.46 bits per heavy atom. The predicted octanol–water partition coefficient (Wildman–Crippen LogP) is 5.86.